The number of piperazine rings is 1. The van der Waals surface area contributed by atoms with Crippen molar-refractivity contribution in [2.75, 3.05) is 19.6 Å². The minimum absolute atomic E-state index is 0.0403. The van der Waals surface area contributed by atoms with Crippen LogP contribution in [0.4, 0.5) is 0 Å². The van der Waals surface area contributed by atoms with Gasteiger partial charge in [-0.25, -0.2) is 8.42 Å². The highest BCUT2D eigenvalue weighted by Gasteiger charge is 2.29. The van der Waals surface area contributed by atoms with Gasteiger partial charge in [0, 0.05) is 24.7 Å². The number of nitrogens with zero attached hydrogens (tertiary/aromatic N) is 1. The topological polar surface area (TPSA) is 95.6 Å². The molecule has 1 aromatic carbocycles. The van der Waals surface area contributed by atoms with Crippen LogP contribution in [0.3, 0.4) is 0 Å². The van der Waals surface area contributed by atoms with E-state index in [-0.39, 0.29) is 35.8 Å². The summed E-state index contributed by atoms with van der Waals surface area (Å²) >= 11 is 0. The van der Waals surface area contributed by atoms with Crippen LogP contribution < -0.4 is 10.6 Å². The Bertz CT molecular complexity index is 757. The van der Waals surface area contributed by atoms with E-state index in [0.717, 1.165) is 30.0 Å². The Hall–Kier alpha value is -1.93. The fourth-order valence-corrected chi connectivity index (χ4v) is 4.73. The minimum Gasteiger partial charge on any atom is -0.354 e. The first-order valence-electron chi connectivity index (χ1n) is 8.64. The summed E-state index contributed by atoms with van der Waals surface area (Å²) in [6, 6.07) is 6.18. The second-order valence-corrected chi connectivity index (χ2v) is 8.46. The average molecular weight is 365 g/mol. The Morgan fingerprint density at radius 3 is 2.68 bits per heavy atom. The van der Waals surface area contributed by atoms with Gasteiger partial charge >= 0.3 is 0 Å². The number of carbonyl (C=O) groups excluding carboxylic acids is 2. The fourth-order valence-electron chi connectivity index (χ4n) is 3.28. The summed E-state index contributed by atoms with van der Waals surface area (Å²) in [5.41, 5.74) is 0.327. The molecule has 0 radical (unpaired) electrons. The number of nitrogens with one attached hydrogen (secondary N) is 2. The normalized spacial score (nSPS) is 20.1. The molecular weight excluding hydrogens is 342 g/mol. The second kappa shape index (κ2) is 7.53. The molecule has 7 nitrogen and oxygen atoms in total. The van der Waals surface area contributed by atoms with Crippen molar-refractivity contribution >= 4 is 21.8 Å². The molecule has 1 aromatic rings. The molecule has 1 heterocycles. The predicted molar refractivity (Wildman–Crippen MR) is 92.5 cm³/mol. The van der Waals surface area contributed by atoms with E-state index in [4.69, 9.17) is 0 Å². The Morgan fingerprint density at radius 2 is 1.96 bits per heavy atom. The van der Waals surface area contributed by atoms with Crippen LogP contribution in [0.1, 0.15) is 42.5 Å². The zero-order chi connectivity index (χ0) is 17.9. The molecule has 2 amide bonds. The van der Waals surface area contributed by atoms with Gasteiger partial charge in [0.05, 0.1) is 11.4 Å². The summed E-state index contributed by atoms with van der Waals surface area (Å²) in [6.45, 7) is 0.327. The number of hydrogen-bond acceptors (Lipinski definition) is 4. The molecule has 1 aliphatic carbocycles. The van der Waals surface area contributed by atoms with Gasteiger partial charge in [0.1, 0.15) is 0 Å². The molecule has 0 bridgehead atoms. The zero-order valence-electron chi connectivity index (χ0n) is 14.0. The molecule has 8 heteroatoms. The molecule has 0 unspecified atom stereocenters. The highest BCUT2D eigenvalue weighted by molar-refractivity contribution is 7.89. The summed E-state index contributed by atoms with van der Waals surface area (Å²) in [7, 11) is -3.79. The van der Waals surface area contributed by atoms with Crippen molar-refractivity contribution in [3.8, 4) is 0 Å². The third kappa shape index (κ3) is 4.19. The standard InChI is InChI=1S/C17H23N3O4S/c21-16-12-20(10-9-18-16)25(23,24)15-8-4-5-13(11-15)17(22)19-14-6-2-1-3-7-14/h4-5,8,11,14H,1-3,6-7,9-10,12H2,(H,18,21)(H,19,22). The van der Waals surface area contributed by atoms with Crippen LogP contribution in [-0.2, 0) is 14.8 Å². The minimum atomic E-state index is -3.79. The predicted octanol–water partition coefficient (Wildman–Crippen LogP) is 0.870. The van der Waals surface area contributed by atoms with Crippen molar-refractivity contribution in [3.05, 3.63) is 29.8 Å². The maximum Gasteiger partial charge on any atom is 0.251 e. The molecule has 25 heavy (non-hydrogen) atoms. The van der Waals surface area contributed by atoms with Crippen LogP contribution in [-0.4, -0.2) is 50.2 Å². The van der Waals surface area contributed by atoms with Crippen molar-refractivity contribution in [1.82, 2.24) is 14.9 Å². The Morgan fingerprint density at radius 1 is 1.20 bits per heavy atom. The smallest absolute Gasteiger partial charge is 0.251 e. The van der Waals surface area contributed by atoms with Crippen molar-refractivity contribution in [3.63, 3.8) is 0 Å². The van der Waals surface area contributed by atoms with Crippen LogP contribution in [0.25, 0.3) is 0 Å². The van der Waals surface area contributed by atoms with Crippen LogP contribution in [0, 0.1) is 0 Å². The third-order valence-corrected chi connectivity index (χ3v) is 6.52. The lowest BCUT2D eigenvalue weighted by Crippen LogP contribution is -2.49. The molecule has 0 spiro atoms. The van der Waals surface area contributed by atoms with Gasteiger partial charge in [-0.2, -0.15) is 4.31 Å². The fraction of sp³-hybridized carbons (Fsp3) is 0.529. The van der Waals surface area contributed by atoms with E-state index in [1.807, 2.05) is 0 Å². The number of hydrogen-bond donors (Lipinski definition) is 2. The molecule has 0 atom stereocenters. The van der Waals surface area contributed by atoms with E-state index in [1.165, 1.54) is 18.6 Å². The zero-order valence-corrected chi connectivity index (χ0v) is 14.8. The van der Waals surface area contributed by atoms with E-state index in [0.29, 0.717) is 12.1 Å². The highest BCUT2D eigenvalue weighted by Crippen LogP contribution is 2.20. The molecule has 2 N–H and O–H groups in total. The number of amides is 2. The molecule has 2 aliphatic rings. The van der Waals surface area contributed by atoms with Gasteiger partial charge in [-0.15, -0.1) is 0 Å². The molecule has 1 saturated heterocycles. The highest BCUT2D eigenvalue weighted by atomic mass is 32.2. The Balaban J connectivity index is 1.76. The van der Waals surface area contributed by atoms with Crippen LogP contribution in [0.5, 0.6) is 0 Å². The summed E-state index contributed by atoms with van der Waals surface area (Å²) in [5.74, 6) is -0.568. The molecule has 3 rings (SSSR count). The largest absolute Gasteiger partial charge is 0.354 e. The van der Waals surface area contributed by atoms with Gasteiger partial charge in [0.15, 0.2) is 0 Å². The van der Waals surface area contributed by atoms with Gasteiger partial charge in [0.25, 0.3) is 5.91 Å². The van der Waals surface area contributed by atoms with Gasteiger partial charge < -0.3 is 10.6 Å². The molecule has 1 saturated carbocycles. The lowest BCUT2D eigenvalue weighted by molar-refractivity contribution is -0.122. The SMILES string of the molecule is O=C1CN(S(=O)(=O)c2cccc(C(=O)NC3CCCCC3)c2)CCN1. The maximum atomic E-state index is 12.7. The summed E-state index contributed by atoms with van der Waals surface area (Å²) in [4.78, 5) is 23.9. The maximum absolute atomic E-state index is 12.7. The monoisotopic (exact) mass is 365 g/mol. The quantitative estimate of drug-likeness (QED) is 0.828. The second-order valence-electron chi connectivity index (χ2n) is 6.52. The first kappa shape index (κ1) is 17.9. The van der Waals surface area contributed by atoms with Crippen molar-refractivity contribution in [2.24, 2.45) is 0 Å². The summed E-state index contributed by atoms with van der Waals surface area (Å²) in [5, 5.41) is 5.59. The molecule has 1 aliphatic heterocycles. The average Bonchev–Trinajstić information content (AvgIpc) is 2.62. The van der Waals surface area contributed by atoms with E-state index in [9.17, 15) is 18.0 Å². The lowest BCUT2D eigenvalue weighted by atomic mass is 9.95. The van der Waals surface area contributed by atoms with Crippen LogP contribution in [0.15, 0.2) is 29.2 Å². The molecule has 2 fully saturated rings. The number of sulfonamides is 1. The molecule has 136 valence electrons. The van der Waals surface area contributed by atoms with Crippen molar-refractivity contribution in [1.29, 1.82) is 0 Å². The first-order valence-corrected chi connectivity index (χ1v) is 10.1. The number of carbonyl (C=O) groups is 2. The summed E-state index contributed by atoms with van der Waals surface area (Å²) < 4.78 is 26.6. The van der Waals surface area contributed by atoms with Crippen molar-refractivity contribution < 1.29 is 18.0 Å². The lowest BCUT2D eigenvalue weighted by Gasteiger charge is -2.26. The Labute approximate surface area is 147 Å². The van der Waals surface area contributed by atoms with Crippen molar-refractivity contribution in [2.45, 2.75) is 43.0 Å². The van der Waals surface area contributed by atoms with Crippen LogP contribution >= 0.6 is 0 Å². The molecular formula is C17H23N3O4S. The summed E-state index contributed by atoms with van der Waals surface area (Å²) in [6.07, 6.45) is 5.34. The Kier molecular flexibility index (Phi) is 5.39. The van der Waals surface area contributed by atoms with Crippen LogP contribution in [0.2, 0.25) is 0 Å². The molecule has 0 aromatic heterocycles. The van der Waals surface area contributed by atoms with Gasteiger partial charge in [-0.05, 0) is 31.0 Å². The van der Waals surface area contributed by atoms with E-state index < -0.39 is 10.0 Å². The van der Waals surface area contributed by atoms with Gasteiger partial charge in [-0.3, -0.25) is 9.59 Å². The van der Waals surface area contributed by atoms with E-state index in [1.54, 1.807) is 12.1 Å². The van der Waals surface area contributed by atoms with Gasteiger partial charge in [-0.1, -0.05) is 25.3 Å². The van der Waals surface area contributed by atoms with E-state index in [2.05, 4.69) is 10.6 Å². The first-order chi connectivity index (χ1) is 12.0. The van der Waals surface area contributed by atoms with E-state index >= 15 is 0 Å². The number of rotatable bonds is 4. The number of benzene rings is 1. The van der Waals surface area contributed by atoms with Gasteiger partial charge in [0.2, 0.25) is 15.9 Å². The third-order valence-electron chi connectivity index (χ3n) is 4.68.